The lowest BCUT2D eigenvalue weighted by Gasteiger charge is -2.35. The number of piperazine rings is 1. The average Bonchev–Trinajstić information content (AvgIpc) is 3.57. The van der Waals surface area contributed by atoms with Gasteiger partial charge in [-0.15, -0.1) is 0 Å². The second-order valence-corrected chi connectivity index (χ2v) is 12.8. The number of phenols is 1. The highest BCUT2D eigenvalue weighted by atomic mass is 35.5. The molecule has 0 amide bonds. The normalized spacial score (nSPS) is 28.6. The molecular weight excluding hydrogens is 649 g/mol. The number of hydrogen-bond acceptors (Lipinski definition) is 8. The number of aromatic nitrogens is 3. The zero-order chi connectivity index (χ0) is 33.7. The maximum Gasteiger partial charge on any atom is 0.431 e. The minimum absolute atomic E-state index is 0.0199. The molecule has 0 radical (unpaired) electrons. The molecule has 17 heteroatoms. The van der Waals surface area contributed by atoms with Crippen molar-refractivity contribution in [2.24, 2.45) is 0 Å². The molecule has 0 unspecified atom stereocenters. The molecule has 4 aliphatic rings. The molecule has 4 aliphatic heterocycles. The van der Waals surface area contributed by atoms with E-state index in [9.17, 15) is 40.6 Å². The summed E-state index contributed by atoms with van der Waals surface area (Å²) in [6, 6.07) is 0.930. The number of hydrogen-bond donors (Lipinski definition) is 2. The van der Waals surface area contributed by atoms with E-state index >= 15 is 0 Å². The summed E-state index contributed by atoms with van der Waals surface area (Å²) in [5.41, 5.74) is -7.98. The summed E-state index contributed by atoms with van der Waals surface area (Å²) >= 11 is 5.78. The number of aromatic hydroxyl groups is 1. The third kappa shape index (κ3) is 5.31. The molecule has 46 heavy (non-hydrogen) atoms. The molecule has 4 atom stereocenters. The van der Waals surface area contributed by atoms with E-state index in [1.54, 1.807) is 9.80 Å². The number of anilines is 1. The Labute approximate surface area is 263 Å². The van der Waals surface area contributed by atoms with Crippen LogP contribution in [-0.4, -0.2) is 81.1 Å². The van der Waals surface area contributed by atoms with Crippen molar-refractivity contribution in [3.63, 3.8) is 0 Å². The Hall–Kier alpha value is -3.37. The van der Waals surface area contributed by atoms with Crippen LogP contribution < -0.4 is 20.5 Å². The fourth-order valence-corrected chi connectivity index (χ4v) is 7.70. The van der Waals surface area contributed by atoms with Gasteiger partial charge >= 0.3 is 18.4 Å². The number of ether oxygens (including phenoxy) is 1. The van der Waals surface area contributed by atoms with Crippen LogP contribution in [0.4, 0.5) is 36.6 Å². The highest BCUT2D eigenvalue weighted by molar-refractivity contribution is 6.31. The zero-order valence-electron chi connectivity index (χ0n) is 25.0. The Kier molecular flexibility index (Phi) is 7.07. The van der Waals surface area contributed by atoms with E-state index in [1.807, 2.05) is 0 Å². The number of phenolic OH excluding ortho intramolecular Hbond substituents is 1. The second kappa shape index (κ2) is 10.8. The minimum atomic E-state index is -5.36. The summed E-state index contributed by atoms with van der Waals surface area (Å²) in [6.45, 7) is 0.828. The molecule has 1 aromatic carbocycles. The Balaban J connectivity index is 1.44. The number of pyridine rings is 1. The molecule has 9 nitrogen and oxygen atoms in total. The quantitative estimate of drug-likeness (QED) is 0.362. The molecule has 2 aromatic heterocycles. The molecule has 248 valence electrons. The lowest BCUT2D eigenvalue weighted by atomic mass is 9.95. The molecule has 7 rings (SSSR count). The van der Waals surface area contributed by atoms with Gasteiger partial charge in [-0.25, -0.2) is 4.39 Å². The summed E-state index contributed by atoms with van der Waals surface area (Å²) in [6.07, 6.45) is -10.3. The highest BCUT2D eigenvalue weighted by Gasteiger charge is 2.49. The first-order chi connectivity index (χ1) is 21.9. The second-order valence-electron chi connectivity index (χ2n) is 12.4. The third-order valence-corrected chi connectivity index (χ3v) is 9.61. The standard InChI is InChI=1S/C29H28ClF7N6O3/c30-19-6-17(44)7-20(22(19)29(35,36)37)43-21(28(32,33)34)8-18-23(25(43)45)39-26(40-24(18)41-11-15-2-3-16(12-41)38-15)46-13-27-4-1-5-42(27)10-14(31)9-27/h6-8,14-16,38,44H,1-5,9-13H2/t14-,15-,16+,27+/m1/s1/i14D. The van der Waals surface area contributed by atoms with Crippen LogP contribution in [0.3, 0.4) is 0 Å². The lowest BCUT2D eigenvalue weighted by Crippen LogP contribution is -2.51. The molecule has 0 spiro atoms. The predicted molar refractivity (Wildman–Crippen MR) is 153 cm³/mol. The largest absolute Gasteiger partial charge is 0.508 e. The molecule has 2 N–H and O–H groups in total. The van der Waals surface area contributed by atoms with Gasteiger partial charge in [0.15, 0.2) is 0 Å². The van der Waals surface area contributed by atoms with E-state index in [0.717, 1.165) is 12.8 Å². The number of nitrogens with one attached hydrogen (secondary N) is 1. The van der Waals surface area contributed by atoms with E-state index in [1.165, 1.54) is 0 Å². The van der Waals surface area contributed by atoms with Gasteiger partial charge in [0.25, 0.3) is 5.56 Å². The van der Waals surface area contributed by atoms with Crippen molar-refractivity contribution in [2.45, 2.75) is 68.2 Å². The van der Waals surface area contributed by atoms with Crippen LogP contribution in [0.2, 0.25) is 5.02 Å². The van der Waals surface area contributed by atoms with Gasteiger partial charge in [0.05, 0.1) is 28.6 Å². The van der Waals surface area contributed by atoms with Gasteiger partial charge in [-0.1, -0.05) is 11.6 Å². The first kappa shape index (κ1) is 30.0. The lowest BCUT2D eigenvalue weighted by molar-refractivity contribution is -0.144. The van der Waals surface area contributed by atoms with Gasteiger partial charge < -0.3 is 20.1 Å². The summed E-state index contributed by atoms with van der Waals surface area (Å²) in [5, 5.41) is 12.0. The fourth-order valence-electron chi connectivity index (χ4n) is 7.38. The number of alkyl halides is 7. The van der Waals surface area contributed by atoms with Crippen LogP contribution in [0.5, 0.6) is 11.8 Å². The monoisotopic (exact) mass is 677 g/mol. The summed E-state index contributed by atoms with van der Waals surface area (Å²) in [5.74, 6) is -0.979. The molecule has 6 heterocycles. The van der Waals surface area contributed by atoms with Gasteiger partial charge in [0.1, 0.15) is 35.5 Å². The summed E-state index contributed by atoms with van der Waals surface area (Å²) < 4.78 is 115. The topological polar surface area (TPSA) is 95.8 Å². The minimum Gasteiger partial charge on any atom is -0.508 e. The van der Waals surface area contributed by atoms with Crippen molar-refractivity contribution < 1.29 is 41.9 Å². The van der Waals surface area contributed by atoms with E-state index in [0.29, 0.717) is 50.7 Å². The number of benzene rings is 1. The molecule has 2 bridgehead atoms. The Morgan fingerprint density at radius 3 is 2.48 bits per heavy atom. The number of nitrogens with zero attached hydrogens (tertiary/aromatic N) is 5. The maximum atomic E-state index is 14.7. The van der Waals surface area contributed by atoms with Crippen molar-refractivity contribution in [1.29, 1.82) is 0 Å². The number of fused-ring (bicyclic) bond motifs is 4. The Bertz CT molecular complexity index is 1810. The summed E-state index contributed by atoms with van der Waals surface area (Å²) in [4.78, 5) is 26.1. The van der Waals surface area contributed by atoms with Gasteiger partial charge in [-0.3, -0.25) is 14.3 Å². The third-order valence-electron chi connectivity index (χ3n) is 9.31. The number of halogens is 8. The van der Waals surface area contributed by atoms with Crippen LogP contribution in [0.15, 0.2) is 23.0 Å². The molecular formula is C29H28ClF7N6O3. The first-order valence-corrected chi connectivity index (χ1v) is 15.0. The van der Waals surface area contributed by atoms with Crippen molar-refractivity contribution in [3.05, 3.63) is 44.8 Å². The molecule has 3 aromatic rings. The maximum absolute atomic E-state index is 14.7. The van der Waals surface area contributed by atoms with Crippen molar-refractivity contribution in [3.8, 4) is 17.4 Å². The zero-order valence-corrected chi connectivity index (χ0v) is 24.7. The SMILES string of the molecule is [2H][C@]1(F)CN2CCC[C@@]2(COc2nc(N3C[C@H]4CC[C@@H](C3)N4)c3cc(C(F)(F)F)n(-c4cc(O)cc(Cl)c4C(F)(F)F)c(=O)c3n2)C1. The molecule has 4 fully saturated rings. The molecule has 0 aliphatic carbocycles. The van der Waals surface area contributed by atoms with Gasteiger partial charge in [-0.2, -0.15) is 36.3 Å². The van der Waals surface area contributed by atoms with E-state index < -0.39 is 68.8 Å². The van der Waals surface area contributed by atoms with Crippen molar-refractivity contribution >= 4 is 28.3 Å². The highest BCUT2D eigenvalue weighted by Crippen LogP contribution is 2.44. The Morgan fingerprint density at radius 2 is 1.80 bits per heavy atom. The molecule has 4 saturated heterocycles. The Morgan fingerprint density at radius 1 is 1.09 bits per heavy atom. The predicted octanol–water partition coefficient (Wildman–Crippen LogP) is 5.07. The fraction of sp³-hybridized carbons (Fsp3) is 0.552. The van der Waals surface area contributed by atoms with Crippen LogP contribution in [0, 0.1) is 0 Å². The van der Waals surface area contributed by atoms with Crippen LogP contribution in [0.25, 0.3) is 16.6 Å². The summed E-state index contributed by atoms with van der Waals surface area (Å²) in [7, 11) is 0. The van der Waals surface area contributed by atoms with Crippen molar-refractivity contribution in [1.82, 2.24) is 24.8 Å². The van der Waals surface area contributed by atoms with Crippen molar-refractivity contribution in [2.75, 3.05) is 37.7 Å². The van der Waals surface area contributed by atoms with Crippen LogP contribution in [-0.2, 0) is 12.4 Å². The van der Waals surface area contributed by atoms with E-state index in [4.69, 9.17) is 17.7 Å². The van der Waals surface area contributed by atoms with Gasteiger partial charge in [0, 0.05) is 44.2 Å². The first-order valence-electron chi connectivity index (χ1n) is 15.2. The average molecular weight is 678 g/mol. The van der Waals surface area contributed by atoms with E-state index in [-0.39, 0.29) is 47.4 Å². The van der Waals surface area contributed by atoms with Gasteiger partial charge in [0.2, 0.25) is 0 Å². The molecule has 0 saturated carbocycles. The van der Waals surface area contributed by atoms with Crippen LogP contribution >= 0.6 is 11.6 Å². The number of rotatable bonds is 5. The van der Waals surface area contributed by atoms with Gasteiger partial charge in [-0.05, 0) is 44.4 Å². The van der Waals surface area contributed by atoms with E-state index in [2.05, 4.69) is 15.3 Å². The van der Waals surface area contributed by atoms with Crippen LogP contribution in [0.1, 0.15) is 44.7 Å². The smallest absolute Gasteiger partial charge is 0.431 e.